The number of ether oxygens (including phenoxy) is 1. The maximum absolute atomic E-state index is 12.3. The summed E-state index contributed by atoms with van der Waals surface area (Å²) in [5, 5.41) is 0. The number of thiazole rings is 1. The van der Waals surface area contributed by atoms with Crippen LogP contribution in [0.5, 0.6) is 5.75 Å². The van der Waals surface area contributed by atoms with Crippen molar-refractivity contribution in [1.29, 1.82) is 0 Å². The van der Waals surface area contributed by atoms with Gasteiger partial charge in [-0.3, -0.25) is 4.79 Å². The summed E-state index contributed by atoms with van der Waals surface area (Å²) in [4.78, 5) is 17.2. The molecule has 0 spiro atoms. The molecule has 3 aromatic rings. The number of nitrogens with zero attached hydrogens (tertiary/aromatic N) is 2. The van der Waals surface area contributed by atoms with E-state index in [2.05, 4.69) is 10.9 Å². The minimum absolute atomic E-state index is 0.283. The predicted octanol–water partition coefficient (Wildman–Crippen LogP) is 3.09. The fraction of sp³-hybridized carbons (Fsp3) is 0.111. The molecule has 0 saturated heterocycles. The van der Waals surface area contributed by atoms with Gasteiger partial charge < -0.3 is 9.30 Å². The first-order valence-electron chi connectivity index (χ1n) is 6.98. The third-order valence-corrected chi connectivity index (χ3v) is 4.40. The quantitative estimate of drug-likeness (QED) is 0.696. The number of carbonyl (C=O) groups excluding carboxylic acids is 1. The van der Waals surface area contributed by atoms with Crippen molar-refractivity contribution < 1.29 is 9.53 Å². The number of aromatic nitrogens is 1. The van der Waals surface area contributed by atoms with Crippen LogP contribution in [0.3, 0.4) is 0 Å². The molecule has 0 bridgehead atoms. The summed E-state index contributed by atoms with van der Waals surface area (Å²) >= 11 is 1.42. The normalized spacial score (nSPS) is 11.4. The number of terminal acetylenes is 1. The first-order chi connectivity index (χ1) is 11.2. The third kappa shape index (κ3) is 3.03. The fourth-order valence-corrected chi connectivity index (χ4v) is 3.30. The smallest absolute Gasteiger partial charge is 0.279 e. The molecule has 0 saturated carbocycles. The molecule has 3 rings (SSSR count). The van der Waals surface area contributed by atoms with E-state index in [0.29, 0.717) is 16.9 Å². The zero-order valence-electron chi connectivity index (χ0n) is 12.5. The summed E-state index contributed by atoms with van der Waals surface area (Å²) in [5.74, 6) is 3.09. The van der Waals surface area contributed by atoms with Gasteiger partial charge in [0.2, 0.25) is 0 Å². The third-order valence-electron chi connectivity index (χ3n) is 3.36. The first kappa shape index (κ1) is 15.1. The molecule has 0 radical (unpaired) electrons. The van der Waals surface area contributed by atoms with Gasteiger partial charge >= 0.3 is 0 Å². The van der Waals surface area contributed by atoms with Gasteiger partial charge in [0.1, 0.15) is 5.75 Å². The molecule has 4 nitrogen and oxygen atoms in total. The Kier molecular flexibility index (Phi) is 4.26. The SMILES string of the molecule is C#CCn1c(=NC(=O)c2ccccc2)sc2cc(OC)ccc21. The van der Waals surface area contributed by atoms with E-state index in [1.54, 1.807) is 19.2 Å². The van der Waals surface area contributed by atoms with E-state index in [-0.39, 0.29) is 5.91 Å². The molecule has 114 valence electrons. The minimum Gasteiger partial charge on any atom is -0.497 e. The summed E-state index contributed by atoms with van der Waals surface area (Å²) in [6, 6.07) is 14.7. The van der Waals surface area contributed by atoms with Crippen LogP contribution in [0.15, 0.2) is 53.5 Å². The van der Waals surface area contributed by atoms with E-state index in [0.717, 1.165) is 16.0 Å². The van der Waals surface area contributed by atoms with Gasteiger partial charge in [-0.05, 0) is 30.3 Å². The highest BCUT2D eigenvalue weighted by Gasteiger charge is 2.09. The lowest BCUT2D eigenvalue weighted by molar-refractivity contribution is 0.0998. The van der Waals surface area contributed by atoms with E-state index in [1.807, 2.05) is 41.0 Å². The monoisotopic (exact) mass is 322 g/mol. The lowest BCUT2D eigenvalue weighted by Gasteiger charge is -2.01. The molecule has 0 aliphatic rings. The van der Waals surface area contributed by atoms with Crippen LogP contribution in [-0.4, -0.2) is 17.6 Å². The lowest BCUT2D eigenvalue weighted by atomic mass is 10.2. The largest absolute Gasteiger partial charge is 0.497 e. The van der Waals surface area contributed by atoms with Crippen molar-refractivity contribution in [3.8, 4) is 18.1 Å². The number of benzene rings is 2. The van der Waals surface area contributed by atoms with Crippen LogP contribution >= 0.6 is 11.3 Å². The fourth-order valence-electron chi connectivity index (χ4n) is 2.24. The summed E-state index contributed by atoms with van der Waals surface area (Å²) in [7, 11) is 1.62. The standard InChI is InChI=1S/C18H14N2O2S/c1-3-11-20-15-10-9-14(22-2)12-16(15)23-18(20)19-17(21)13-7-5-4-6-8-13/h1,4-10,12H,11H2,2H3. The Morgan fingerprint density at radius 3 is 2.78 bits per heavy atom. The summed E-state index contributed by atoms with van der Waals surface area (Å²) < 4.78 is 8.07. The molecular weight excluding hydrogens is 308 g/mol. The number of amides is 1. The Balaban J connectivity index is 2.16. The Morgan fingerprint density at radius 2 is 2.09 bits per heavy atom. The summed E-state index contributed by atoms with van der Waals surface area (Å²) in [6.45, 7) is 0.354. The Labute approximate surface area is 137 Å². The molecule has 1 heterocycles. The molecule has 23 heavy (non-hydrogen) atoms. The molecule has 5 heteroatoms. The van der Waals surface area contributed by atoms with E-state index in [9.17, 15) is 4.79 Å². The van der Waals surface area contributed by atoms with Gasteiger partial charge in [-0.25, -0.2) is 0 Å². The highest BCUT2D eigenvalue weighted by molar-refractivity contribution is 7.16. The molecule has 0 aliphatic carbocycles. The number of carbonyl (C=O) groups is 1. The number of hydrogen-bond acceptors (Lipinski definition) is 3. The van der Waals surface area contributed by atoms with Crippen LogP contribution in [-0.2, 0) is 6.54 Å². The average Bonchev–Trinajstić information content (AvgIpc) is 2.92. The predicted molar refractivity (Wildman–Crippen MR) is 91.5 cm³/mol. The maximum Gasteiger partial charge on any atom is 0.279 e. The molecule has 0 N–H and O–H groups in total. The zero-order chi connectivity index (χ0) is 16.2. The van der Waals surface area contributed by atoms with Crippen molar-refractivity contribution in [3.05, 3.63) is 58.9 Å². The van der Waals surface area contributed by atoms with Gasteiger partial charge in [0.05, 0.1) is 23.9 Å². The van der Waals surface area contributed by atoms with Crippen LogP contribution in [0.2, 0.25) is 0 Å². The molecule has 2 aromatic carbocycles. The van der Waals surface area contributed by atoms with Gasteiger partial charge in [-0.2, -0.15) is 4.99 Å². The molecule has 1 amide bonds. The van der Waals surface area contributed by atoms with Crippen LogP contribution in [0.4, 0.5) is 0 Å². The van der Waals surface area contributed by atoms with Gasteiger partial charge in [0, 0.05) is 5.56 Å². The van der Waals surface area contributed by atoms with Crippen molar-refractivity contribution in [1.82, 2.24) is 4.57 Å². The summed E-state index contributed by atoms with van der Waals surface area (Å²) in [6.07, 6.45) is 5.46. The lowest BCUT2D eigenvalue weighted by Crippen LogP contribution is -2.16. The summed E-state index contributed by atoms with van der Waals surface area (Å²) in [5.41, 5.74) is 1.49. The van der Waals surface area contributed by atoms with Crippen LogP contribution in [0, 0.1) is 12.3 Å². The van der Waals surface area contributed by atoms with Crippen LogP contribution in [0.25, 0.3) is 10.2 Å². The molecule has 0 atom stereocenters. The Morgan fingerprint density at radius 1 is 1.30 bits per heavy atom. The second-order valence-electron chi connectivity index (χ2n) is 4.79. The van der Waals surface area contributed by atoms with E-state index >= 15 is 0 Å². The van der Waals surface area contributed by atoms with E-state index in [1.165, 1.54) is 11.3 Å². The second-order valence-corrected chi connectivity index (χ2v) is 5.80. The van der Waals surface area contributed by atoms with Gasteiger partial charge in [0.25, 0.3) is 5.91 Å². The van der Waals surface area contributed by atoms with Crippen molar-refractivity contribution in [2.24, 2.45) is 4.99 Å². The van der Waals surface area contributed by atoms with Gasteiger partial charge in [-0.1, -0.05) is 35.5 Å². The number of fused-ring (bicyclic) bond motifs is 1. The van der Waals surface area contributed by atoms with Crippen molar-refractivity contribution in [3.63, 3.8) is 0 Å². The molecule has 0 unspecified atom stereocenters. The van der Waals surface area contributed by atoms with Crippen molar-refractivity contribution in [2.45, 2.75) is 6.54 Å². The van der Waals surface area contributed by atoms with Gasteiger partial charge in [-0.15, -0.1) is 6.42 Å². The first-order valence-corrected chi connectivity index (χ1v) is 7.79. The van der Waals surface area contributed by atoms with Crippen molar-refractivity contribution >= 4 is 27.5 Å². The minimum atomic E-state index is -0.283. The van der Waals surface area contributed by atoms with Crippen LogP contribution in [0.1, 0.15) is 10.4 Å². The average molecular weight is 322 g/mol. The number of methoxy groups -OCH3 is 1. The Bertz CT molecular complexity index is 962. The zero-order valence-corrected chi connectivity index (χ0v) is 13.3. The second kappa shape index (κ2) is 6.51. The van der Waals surface area contributed by atoms with Crippen LogP contribution < -0.4 is 9.54 Å². The molecule has 0 fully saturated rings. The number of hydrogen-bond donors (Lipinski definition) is 0. The highest BCUT2D eigenvalue weighted by Crippen LogP contribution is 2.23. The van der Waals surface area contributed by atoms with Gasteiger partial charge in [0.15, 0.2) is 4.80 Å². The number of rotatable bonds is 3. The topological polar surface area (TPSA) is 43.6 Å². The van der Waals surface area contributed by atoms with E-state index < -0.39 is 0 Å². The highest BCUT2D eigenvalue weighted by atomic mass is 32.1. The molecule has 0 aliphatic heterocycles. The Hall–Kier alpha value is -2.84. The molecular formula is C18H14N2O2S. The van der Waals surface area contributed by atoms with E-state index in [4.69, 9.17) is 11.2 Å². The molecule has 1 aromatic heterocycles. The van der Waals surface area contributed by atoms with Crippen molar-refractivity contribution in [2.75, 3.05) is 7.11 Å². The maximum atomic E-state index is 12.3.